The van der Waals surface area contributed by atoms with Crippen molar-refractivity contribution in [3.05, 3.63) is 28.1 Å². The van der Waals surface area contributed by atoms with E-state index in [1.807, 2.05) is 11.4 Å². The Hall–Kier alpha value is -0.250. The number of thiophene rings is 1. The predicted octanol–water partition coefficient (Wildman–Crippen LogP) is 4.46. The van der Waals surface area contributed by atoms with Gasteiger partial charge < -0.3 is 4.74 Å². The number of hydrogen-bond acceptors (Lipinski definition) is 2. The minimum absolute atomic E-state index is 0.793. The number of hydrogen-bond donors (Lipinski definition) is 0. The van der Waals surface area contributed by atoms with Crippen molar-refractivity contribution in [2.24, 2.45) is 0 Å². The molecule has 14 heavy (non-hydrogen) atoms. The maximum Gasteiger partial charge on any atom is 0.123 e. The van der Waals surface area contributed by atoms with Crippen LogP contribution in [0.4, 0.5) is 0 Å². The van der Waals surface area contributed by atoms with Crippen molar-refractivity contribution in [1.29, 1.82) is 0 Å². The van der Waals surface area contributed by atoms with Gasteiger partial charge in [-0.25, -0.2) is 0 Å². The van der Waals surface area contributed by atoms with Gasteiger partial charge in [-0.1, -0.05) is 27.5 Å². The second-order valence-electron chi connectivity index (χ2n) is 2.88. The maximum absolute atomic E-state index is 6.04. The van der Waals surface area contributed by atoms with Crippen LogP contribution >= 0.6 is 38.9 Å². The van der Waals surface area contributed by atoms with E-state index >= 15 is 0 Å². The summed E-state index contributed by atoms with van der Waals surface area (Å²) in [7, 11) is 1.67. The predicted molar refractivity (Wildman–Crippen MR) is 66.0 cm³/mol. The highest BCUT2D eigenvalue weighted by Crippen LogP contribution is 2.35. The maximum atomic E-state index is 6.04. The fraction of sp³-hybridized carbons (Fsp3) is 0.200. The molecule has 1 nitrogen and oxygen atoms in total. The van der Waals surface area contributed by atoms with Crippen molar-refractivity contribution >= 4 is 49.0 Å². The normalized spacial score (nSPS) is 10.8. The van der Waals surface area contributed by atoms with E-state index in [1.54, 1.807) is 18.4 Å². The van der Waals surface area contributed by atoms with Gasteiger partial charge >= 0.3 is 0 Å². The molecule has 0 amide bonds. The van der Waals surface area contributed by atoms with Crippen molar-refractivity contribution in [3.63, 3.8) is 0 Å². The summed E-state index contributed by atoms with van der Waals surface area (Å²) in [6.07, 6.45) is 0. The first-order chi connectivity index (χ1) is 6.76. The molecule has 0 bridgehead atoms. The molecule has 0 atom stereocenters. The summed E-state index contributed by atoms with van der Waals surface area (Å²) < 4.78 is 6.48. The topological polar surface area (TPSA) is 9.23 Å². The van der Waals surface area contributed by atoms with Gasteiger partial charge in [-0.3, -0.25) is 0 Å². The third-order valence-corrected chi connectivity index (χ3v) is 4.06. The number of halogens is 2. The second kappa shape index (κ2) is 4.09. The van der Waals surface area contributed by atoms with Crippen molar-refractivity contribution in [3.8, 4) is 5.75 Å². The zero-order chi connectivity index (χ0) is 10.1. The average Bonchev–Trinajstić information content (AvgIpc) is 2.58. The second-order valence-corrected chi connectivity index (χ2v) is 4.76. The Morgan fingerprint density at radius 3 is 2.93 bits per heavy atom. The Kier molecular flexibility index (Phi) is 3.00. The van der Waals surface area contributed by atoms with Crippen LogP contribution in [0.2, 0.25) is 5.02 Å². The Balaban J connectivity index is 2.71. The first-order valence-corrected chi connectivity index (χ1v) is 6.43. The van der Waals surface area contributed by atoms with E-state index in [9.17, 15) is 0 Å². The van der Waals surface area contributed by atoms with Gasteiger partial charge in [-0.15, -0.1) is 11.3 Å². The molecule has 1 aromatic heterocycles. The molecule has 0 radical (unpaired) electrons. The highest BCUT2D eigenvalue weighted by molar-refractivity contribution is 9.08. The summed E-state index contributed by atoms with van der Waals surface area (Å²) in [4.78, 5) is 0. The summed E-state index contributed by atoms with van der Waals surface area (Å²) in [6, 6.07) is 4.10. The van der Waals surface area contributed by atoms with Crippen LogP contribution < -0.4 is 4.74 Å². The lowest BCUT2D eigenvalue weighted by atomic mass is 10.2. The largest absolute Gasteiger partial charge is 0.496 e. The van der Waals surface area contributed by atoms with Crippen molar-refractivity contribution in [2.45, 2.75) is 5.33 Å². The average molecular weight is 292 g/mol. The molecule has 0 aliphatic rings. The van der Waals surface area contributed by atoms with Gasteiger partial charge in [0.15, 0.2) is 0 Å². The van der Waals surface area contributed by atoms with Crippen LogP contribution in [0.3, 0.4) is 0 Å². The number of fused-ring (bicyclic) bond motifs is 1. The third-order valence-electron chi connectivity index (χ3n) is 2.07. The molecule has 2 rings (SSSR count). The third kappa shape index (κ3) is 1.64. The van der Waals surface area contributed by atoms with Gasteiger partial charge in [-0.2, -0.15) is 0 Å². The summed E-state index contributed by atoms with van der Waals surface area (Å²) in [5, 5.41) is 4.60. The van der Waals surface area contributed by atoms with E-state index < -0.39 is 0 Å². The molecule has 0 fully saturated rings. The molecule has 0 saturated heterocycles. The van der Waals surface area contributed by atoms with Crippen molar-refractivity contribution in [2.75, 3.05) is 7.11 Å². The van der Waals surface area contributed by atoms with Crippen molar-refractivity contribution < 1.29 is 4.74 Å². The molecular formula is C10H8BrClOS. The molecule has 74 valence electrons. The minimum Gasteiger partial charge on any atom is -0.496 e. The smallest absolute Gasteiger partial charge is 0.123 e. The van der Waals surface area contributed by atoms with Crippen LogP contribution in [0.25, 0.3) is 10.1 Å². The fourth-order valence-electron chi connectivity index (χ4n) is 1.36. The number of methoxy groups -OCH3 is 1. The highest BCUT2D eigenvalue weighted by atomic mass is 79.9. The molecule has 1 aromatic carbocycles. The summed E-state index contributed by atoms with van der Waals surface area (Å²) in [5.41, 5.74) is 1.15. The SMILES string of the molecule is COc1cc2c(Cl)csc2cc1CBr. The van der Waals surface area contributed by atoms with Crippen molar-refractivity contribution in [1.82, 2.24) is 0 Å². The number of rotatable bonds is 2. The van der Waals surface area contributed by atoms with Crippen LogP contribution in [0.1, 0.15) is 5.56 Å². The monoisotopic (exact) mass is 290 g/mol. The fourth-order valence-corrected chi connectivity index (χ4v) is 3.01. The van der Waals surface area contributed by atoms with Gasteiger partial charge in [0.05, 0.1) is 12.1 Å². The molecule has 1 heterocycles. The first kappa shape index (κ1) is 10.3. The molecule has 0 aliphatic carbocycles. The Labute approximate surface area is 99.8 Å². The molecule has 4 heteroatoms. The number of alkyl halides is 1. The lowest BCUT2D eigenvalue weighted by Crippen LogP contribution is -1.88. The molecule has 0 unspecified atom stereocenters. The molecule has 0 aliphatic heterocycles. The van der Waals surface area contributed by atoms with E-state index in [2.05, 4.69) is 22.0 Å². The number of ether oxygens (including phenoxy) is 1. The first-order valence-electron chi connectivity index (χ1n) is 4.06. The standard InChI is InChI=1S/C10H8BrClOS/c1-13-9-3-7-8(12)5-14-10(7)2-6(9)4-11/h2-3,5H,4H2,1H3. The molecular weight excluding hydrogens is 284 g/mol. The van der Waals surface area contributed by atoms with E-state index in [0.717, 1.165) is 27.1 Å². The van der Waals surface area contributed by atoms with Gasteiger partial charge in [0, 0.05) is 26.4 Å². The Morgan fingerprint density at radius 1 is 1.50 bits per heavy atom. The van der Waals surface area contributed by atoms with Gasteiger partial charge in [0.2, 0.25) is 0 Å². The zero-order valence-electron chi connectivity index (χ0n) is 7.51. The zero-order valence-corrected chi connectivity index (χ0v) is 10.7. The number of benzene rings is 1. The van der Waals surface area contributed by atoms with E-state index in [1.165, 1.54) is 4.70 Å². The van der Waals surface area contributed by atoms with Crippen LogP contribution in [-0.4, -0.2) is 7.11 Å². The van der Waals surface area contributed by atoms with Gasteiger partial charge in [-0.05, 0) is 12.1 Å². The summed E-state index contributed by atoms with van der Waals surface area (Å²) >= 11 is 11.1. The molecule has 0 saturated carbocycles. The van der Waals surface area contributed by atoms with Crippen LogP contribution in [-0.2, 0) is 5.33 Å². The minimum atomic E-state index is 0.793. The molecule has 0 N–H and O–H groups in total. The lowest BCUT2D eigenvalue weighted by Gasteiger charge is -2.05. The van der Waals surface area contributed by atoms with E-state index in [-0.39, 0.29) is 0 Å². The Bertz CT molecular complexity index is 466. The molecule has 0 spiro atoms. The van der Waals surface area contributed by atoms with Crippen LogP contribution in [0.5, 0.6) is 5.75 Å². The van der Waals surface area contributed by atoms with E-state index in [0.29, 0.717) is 0 Å². The highest BCUT2D eigenvalue weighted by Gasteiger charge is 2.08. The quantitative estimate of drug-likeness (QED) is 0.742. The lowest BCUT2D eigenvalue weighted by molar-refractivity contribution is 0.412. The summed E-state index contributed by atoms with van der Waals surface area (Å²) in [5.74, 6) is 0.884. The van der Waals surface area contributed by atoms with E-state index in [4.69, 9.17) is 16.3 Å². The van der Waals surface area contributed by atoms with Gasteiger partial charge in [0.25, 0.3) is 0 Å². The molecule has 2 aromatic rings. The summed E-state index contributed by atoms with van der Waals surface area (Å²) in [6.45, 7) is 0. The van der Waals surface area contributed by atoms with Crippen LogP contribution in [0.15, 0.2) is 17.5 Å². The Morgan fingerprint density at radius 2 is 2.29 bits per heavy atom. The van der Waals surface area contributed by atoms with Gasteiger partial charge in [0.1, 0.15) is 5.75 Å². The van der Waals surface area contributed by atoms with Crippen LogP contribution in [0, 0.1) is 0 Å².